The van der Waals surface area contributed by atoms with Crippen LogP contribution in [0, 0.1) is 13.8 Å². The van der Waals surface area contributed by atoms with Crippen molar-refractivity contribution in [3.05, 3.63) is 41.6 Å². The van der Waals surface area contributed by atoms with Crippen molar-refractivity contribution < 1.29 is 13.6 Å². The van der Waals surface area contributed by atoms with Gasteiger partial charge in [-0.2, -0.15) is 18.4 Å². The lowest BCUT2D eigenvalue weighted by Crippen LogP contribution is -2.14. The van der Waals surface area contributed by atoms with Crippen LogP contribution in [0.5, 0.6) is 0 Å². The number of thioether (sulfide) groups is 2. The molecule has 2 aromatic heterocycles. The molecule has 10 heteroatoms. The molecule has 136 valence electrons. The van der Waals surface area contributed by atoms with E-state index >= 15 is 0 Å². The van der Waals surface area contributed by atoms with Gasteiger partial charge in [-0.3, -0.25) is 4.79 Å². The molecule has 1 aromatic carbocycles. The Morgan fingerprint density at radius 2 is 1.96 bits per heavy atom. The maximum absolute atomic E-state index is 12.3. The molecular formula is C16H15F2N5OS2. The Bertz CT molecular complexity index is 930. The van der Waals surface area contributed by atoms with E-state index in [0.29, 0.717) is 33.1 Å². The van der Waals surface area contributed by atoms with E-state index in [4.69, 9.17) is 0 Å². The first kappa shape index (κ1) is 18.6. The second-order valence-electron chi connectivity index (χ2n) is 5.43. The highest BCUT2D eigenvalue weighted by atomic mass is 32.2. The van der Waals surface area contributed by atoms with Crippen molar-refractivity contribution >= 4 is 40.8 Å². The van der Waals surface area contributed by atoms with Crippen molar-refractivity contribution in [1.82, 2.24) is 19.8 Å². The van der Waals surface area contributed by atoms with Crippen molar-refractivity contribution in [2.24, 2.45) is 0 Å². The number of benzene rings is 1. The van der Waals surface area contributed by atoms with Gasteiger partial charge in [-0.25, -0.2) is 0 Å². The van der Waals surface area contributed by atoms with E-state index in [1.54, 1.807) is 28.8 Å². The largest absolute Gasteiger partial charge is 0.325 e. The molecular weight excluding hydrogens is 380 g/mol. The lowest BCUT2D eigenvalue weighted by atomic mass is 10.3. The van der Waals surface area contributed by atoms with Gasteiger partial charge in [0.25, 0.3) is 5.76 Å². The summed E-state index contributed by atoms with van der Waals surface area (Å²) in [7, 11) is 0. The first-order chi connectivity index (χ1) is 12.4. The summed E-state index contributed by atoms with van der Waals surface area (Å²) in [6, 6.07) is 8.19. The summed E-state index contributed by atoms with van der Waals surface area (Å²) in [5.74, 6) is -2.57. The number of rotatable bonds is 6. The molecule has 0 aliphatic heterocycles. The third-order valence-corrected chi connectivity index (χ3v) is 4.99. The van der Waals surface area contributed by atoms with Gasteiger partial charge in [-0.15, -0.1) is 10.2 Å². The molecule has 3 aromatic rings. The van der Waals surface area contributed by atoms with Crippen molar-refractivity contribution in [3.63, 3.8) is 0 Å². The highest BCUT2D eigenvalue weighted by Gasteiger charge is 2.12. The molecule has 0 aliphatic carbocycles. The number of aromatic nitrogens is 4. The van der Waals surface area contributed by atoms with Gasteiger partial charge < -0.3 is 5.32 Å². The Hall–Kier alpha value is -2.20. The standard InChI is InChI=1S/C16H15F2N5OS2/c1-9-7-10(2)22-23-14(9)20-21-16(23)25-8-13(24)19-11-3-5-12(6-4-11)26-15(17)18/h3-7,15H,8H2,1-2H3,(H,19,24). The van der Waals surface area contributed by atoms with Crippen LogP contribution in [-0.2, 0) is 4.79 Å². The minimum Gasteiger partial charge on any atom is -0.325 e. The van der Waals surface area contributed by atoms with Crippen molar-refractivity contribution in [3.8, 4) is 0 Å². The third kappa shape index (κ3) is 4.50. The van der Waals surface area contributed by atoms with Gasteiger partial charge in [-0.1, -0.05) is 23.5 Å². The number of nitrogens with one attached hydrogen (secondary N) is 1. The molecule has 0 aliphatic rings. The number of aryl methyl sites for hydroxylation is 2. The molecule has 0 spiro atoms. The van der Waals surface area contributed by atoms with Gasteiger partial charge in [0.05, 0.1) is 11.4 Å². The van der Waals surface area contributed by atoms with E-state index in [1.165, 1.54) is 11.8 Å². The average molecular weight is 395 g/mol. The van der Waals surface area contributed by atoms with Crippen LogP contribution in [0.1, 0.15) is 11.3 Å². The maximum atomic E-state index is 12.3. The average Bonchev–Trinajstić information content (AvgIpc) is 2.97. The number of fused-ring (bicyclic) bond motifs is 1. The lowest BCUT2D eigenvalue weighted by molar-refractivity contribution is -0.113. The minimum absolute atomic E-state index is 0.128. The fraction of sp³-hybridized carbons (Fsp3) is 0.250. The number of halogens is 2. The minimum atomic E-state index is -2.47. The Labute approximate surface area is 156 Å². The molecule has 0 saturated carbocycles. The smallest absolute Gasteiger partial charge is 0.288 e. The van der Waals surface area contributed by atoms with Gasteiger partial charge in [0.1, 0.15) is 0 Å². The lowest BCUT2D eigenvalue weighted by Gasteiger charge is -2.06. The monoisotopic (exact) mass is 395 g/mol. The zero-order valence-electron chi connectivity index (χ0n) is 13.9. The number of carbonyl (C=O) groups is 1. The fourth-order valence-corrected chi connectivity index (χ4v) is 3.48. The number of alkyl halides is 2. The van der Waals surface area contributed by atoms with Crippen LogP contribution in [0.2, 0.25) is 0 Å². The highest BCUT2D eigenvalue weighted by molar-refractivity contribution is 8.00. The van der Waals surface area contributed by atoms with Crippen molar-refractivity contribution in [2.75, 3.05) is 11.1 Å². The van der Waals surface area contributed by atoms with Crippen molar-refractivity contribution in [1.29, 1.82) is 0 Å². The summed E-state index contributed by atoms with van der Waals surface area (Å²) in [5, 5.41) is 15.8. The van der Waals surface area contributed by atoms with E-state index in [2.05, 4.69) is 20.6 Å². The molecule has 6 nitrogen and oxygen atoms in total. The van der Waals surface area contributed by atoms with Crippen LogP contribution in [0.15, 0.2) is 40.4 Å². The molecule has 0 radical (unpaired) electrons. The number of nitrogens with zero attached hydrogens (tertiary/aromatic N) is 4. The predicted molar refractivity (Wildman–Crippen MR) is 97.9 cm³/mol. The van der Waals surface area contributed by atoms with E-state index in [0.717, 1.165) is 11.3 Å². The second kappa shape index (κ2) is 8.00. The van der Waals surface area contributed by atoms with Gasteiger partial charge >= 0.3 is 0 Å². The zero-order valence-corrected chi connectivity index (χ0v) is 15.6. The van der Waals surface area contributed by atoms with Gasteiger partial charge in [0.15, 0.2) is 5.65 Å². The van der Waals surface area contributed by atoms with E-state index < -0.39 is 5.76 Å². The van der Waals surface area contributed by atoms with Gasteiger partial charge in [-0.05, 0) is 49.7 Å². The molecule has 0 fully saturated rings. The number of anilines is 1. The molecule has 1 amide bonds. The molecule has 0 unspecified atom stereocenters. The van der Waals surface area contributed by atoms with Gasteiger partial charge in [0.2, 0.25) is 11.1 Å². The van der Waals surface area contributed by atoms with Crippen LogP contribution in [0.25, 0.3) is 5.65 Å². The molecule has 1 N–H and O–H groups in total. The normalized spacial score (nSPS) is 11.3. The van der Waals surface area contributed by atoms with Crippen LogP contribution in [0.4, 0.5) is 14.5 Å². The first-order valence-electron chi connectivity index (χ1n) is 7.59. The molecule has 0 bridgehead atoms. The summed E-state index contributed by atoms with van der Waals surface area (Å²) in [5.41, 5.74) is 3.00. The Morgan fingerprint density at radius 3 is 2.65 bits per heavy atom. The summed E-state index contributed by atoms with van der Waals surface area (Å²) in [6.45, 7) is 3.80. The topological polar surface area (TPSA) is 72.2 Å². The van der Waals surface area contributed by atoms with Crippen LogP contribution >= 0.6 is 23.5 Å². The summed E-state index contributed by atoms with van der Waals surface area (Å²) < 4.78 is 26.2. The molecule has 0 saturated heterocycles. The number of hydrogen-bond donors (Lipinski definition) is 1. The summed E-state index contributed by atoms with van der Waals surface area (Å²) in [6.07, 6.45) is 0. The number of hydrogen-bond acceptors (Lipinski definition) is 6. The van der Waals surface area contributed by atoms with E-state index in [9.17, 15) is 13.6 Å². The summed E-state index contributed by atoms with van der Waals surface area (Å²) >= 11 is 1.69. The number of amides is 1. The third-order valence-electron chi connectivity index (χ3n) is 3.34. The summed E-state index contributed by atoms with van der Waals surface area (Å²) in [4.78, 5) is 12.5. The molecule has 26 heavy (non-hydrogen) atoms. The molecule has 0 atom stereocenters. The number of carbonyl (C=O) groups excluding carboxylic acids is 1. The quantitative estimate of drug-likeness (QED) is 0.641. The first-order valence-corrected chi connectivity index (χ1v) is 9.46. The second-order valence-corrected chi connectivity index (χ2v) is 7.43. The molecule has 3 rings (SSSR count). The highest BCUT2D eigenvalue weighted by Crippen LogP contribution is 2.26. The Kier molecular flexibility index (Phi) is 5.72. The van der Waals surface area contributed by atoms with Crippen LogP contribution in [0.3, 0.4) is 0 Å². The van der Waals surface area contributed by atoms with Crippen molar-refractivity contribution in [2.45, 2.75) is 29.7 Å². The van der Waals surface area contributed by atoms with Crippen LogP contribution in [-0.4, -0.2) is 37.2 Å². The van der Waals surface area contributed by atoms with Crippen LogP contribution < -0.4 is 5.32 Å². The SMILES string of the molecule is Cc1cc(C)c2nnc(SCC(=O)Nc3ccc(SC(F)F)cc3)n2n1. The molecule has 2 heterocycles. The zero-order chi connectivity index (χ0) is 18.7. The Balaban J connectivity index is 1.61. The maximum Gasteiger partial charge on any atom is 0.288 e. The predicted octanol–water partition coefficient (Wildman–Crippen LogP) is 3.79. The fourth-order valence-electron chi connectivity index (χ4n) is 2.30. The van der Waals surface area contributed by atoms with E-state index in [-0.39, 0.29) is 11.7 Å². The van der Waals surface area contributed by atoms with E-state index in [1.807, 2.05) is 19.9 Å². The Morgan fingerprint density at radius 1 is 1.23 bits per heavy atom. The van der Waals surface area contributed by atoms with Gasteiger partial charge in [0, 0.05) is 10.6 Å².